The molecule has 0 bridgehead atoms. The van der Waals surface area contributed by atoms with Gasteiger partial charge in [0.15, 0.2) is 0 Å². The van der Waals surface area contributed by atoms with Gasteiger partial charge in [0.1, 0.15) is 6.04 Å². The van der Waals surface area contributed by atoms with E-state index in [1.807, 2.05) is 16.8 Å². The molecule has 110 valence electrons. The molecule has 2 rings (SSSR count). The lowest BCUT2D eigenvalue weighted by Crippen LogP contribution is -2.50. The number of nitrogens with zero attached hydrogens (tertiary/aromatic N) is 1. The van der Waals surface area contributed by atoms with Gasteiger partial charge in [-0.3, -0.25) is 0 Å². The van der Waals surface area contributed by atoms with Crippen molar-refractivity contribution < 1.29 is 14.7 Å². The molecule has 1 aliphatic rings. The van der Waals surface area contributed by atoms with Crippen molar-refractivity contribution in [3.8, 4) is 0 Å². The number of carbonyl (C=O) groups is 2. The molecule has 2 amide bonds. The summed E-state index contributed by atoms with van der Waals surface area (Å²) >= 11 is 1.60. The molecule has 1 aliphatic carbocycles. The van der Waals surface area contributed by atoms with Crippen LogP contribution < -0.4 is 5.32 Å². The number of thiophene rings is 1. The second-order valence-electron chi connectivity index (χ2n) is 5.50. The molecular formula is C14H20N2O3S. The number of carbonyl (C=O) groups excluding carboxylic acids is 1. The van der Waals surface area contributed by atoms with Crippen molar-refractivity contribution >= 4 is 23.3 Å². The largest absolute Gasteiger partial charge is 0.480 e. The first-order chi connectivity index (χ1) is 9.49. The number of carboxylic acid groups (broad SMARTS) is 1. The Bertz CT molecular complexity index is 469. The third kappa shape index (κ3) is 3.72. The summed E-state index contributed by atoms with van der Waals surface area (Å²) in [5.41, 5.74) is 1.09. The van der Waals surface area contributed by atoms with Gasteiger partial charge < -0.3 is 15.3 Å². The van der Waals surface area contributed by atoms with Gasteiger partial charge >= 0.3 is 12.0 Å². The summed E-state index contributed by atoms with van der Waals surface area (Å²) < 4.78 is 0. The first-order valence-corrected chi connectivity index (χ1v) is 7.74. The predicted molar refractivity (Wildman–Crippen MR) is 77.7 cm³/mol. The van der Waals surface area contributed by atoms with E-state index in [4.69, 9.17) is 5.11 Å². The summed E-state index contributed by atoms with van der Waals surface area (Å²) in [5, 5.41) is 15.8. The number of carboxylic acids is 1. The molecule has 1 heterocycles. The second kappa shape index (κ2) is 6.26. The molecule has 0 aliphatic heterocycles. The van der Waals surface area contributed by atoms with Gasteiger partial charge in [0.05, 0.1) is 0 Å². The van der Waals surface area contributed by atoms with Crippen LogP contribution in [0.25, 0.3) is 0 Å². The van der Waals surface area contributed by atoms with E-state index in [2.05, 4.69) is 5.32 Å². The number of amides is 2. The lowest BCUT2D eigenvalue weighted by Gasteiger charge is -2.26. The van der Waals surface area contributed by atoms with E-state index in [0.717, 1.165) is 18.4 Å². The predicted octanol–water partition coefficient (Wildman–Crippen LogP) is 2.53. The van der Waals surface area contributed by atoms with Gasteiger partial charge in [-0.25, -0.2) is 9.59 Å². The molecule has 0 saturated heterocycles. The van der Waals surface area contributed by atoms with Gasteiger partial charge in [0.2, 0.25) is 0 Å². The fourth-order valence-corrected chi connectivity index (χ4v) is 2.72. The Morgan fingerprint density at radius 1 is 1.50 bits per heavy atom. The van der Waals surface area contributed by atoms with Crippen LogP contribution in [0.1, 0.15) is 32.3 Å². The van der Waals surface area contributed by atoms with E-state index >= 15 is 0 Å². The lowest BCUT2D eigenvalue weighted by atomic mass is 10.1. The monoisotopic (exact) mass is 296 g/mol. The van der Waals surface area contributed by atoms with Crippen molar-refractivity contribution in [1.29, 1.82) is 0 Å². The topological polar surface area (TPSA) is 69.6 Å². The normalized spacial score (nSPS) is 15.9. The standard InChI is InChI=1S/C14H20N2O3S/c1-9(2)12(13(17)18)15-14(19)16(11-3-4-11)7-10-5-6-20-8-10/h5-6,8-9,11-12H,3-4,7H2,1-2H3,(H,15,19)(H,17,18)/t12-/m1/s1. The number of rotatable bonds is 6. The highest BCUT2D eigenvalue weighted by Gasteiger charge is 2.35. The van der Waals surface area contributed by atoms with E-state index in [1.54, 1.807) is 30.1 Å². The molecule has 6 heteroatoms. The van der Waals surface area contributed by atoms with Crippen LogP contribution in [0.3, 0.4) is 0 Å². The quantitative estimate of drug-likeness (QED) is 0.847. The summed E-state index contributed by atoms with van der Waals surface area (Å²) in [4.78, 5) is 25.2. The van der Waals surface area contributed by atoms with Crippen LogP contribution in [0.15, 0.2) is 16.8 Å². The average Bonchev–Trinajstić information content (AvgIpc) is 3.09. The molecule has 2 N–H and O–H groups in total. The highest BCUT2D eigenvalue weighted by molar-refractivity contribution is 7.07. The van der Waals surface area contributed by atoms with Gasteiger partial charge in [0.25, 0.3) is 0 Å². The van der Waals surface area contributed by atoms with E-state index < -0.39 is 12.0 Å². The molecule has 0 spiro atoms. The summed E-state index contributed by atoms with van der Waals surface area (Å²) in [6.45, 7) is 4.13. The van der Waals surface area contributed by atoms with Crippen LogP contribution in [0.4, 0.5) is 4.79 Å². The average molecular weight is 296 g/mol. The Labute approximate surface area is 122 Å². The Kier molecular flexibility index (Phi) is 4.65. The summed E-state index contributed by atoms with van der Waals surface area (Å²) in [7, 11) is 0. The van der Waals surface area contributed by atoms with E-state index in [9.17, 15) is 9.59 Å². The number of aliphatic carboxylic acids is 1. The maximum absolute atomic E-state index is 12.3. The minimum Gasteiger partial charge on any atom is -0.480 e. The van der Waals surface area contributed by atoms with Gasteiger partial charge in [-0.15, -0.1) is 0 Å². The zero-order chi connectivity index (χ0) is 14.7. The van der Waals surface area contributed by atoms with Crippen molar-refractivity contribution in [2.45, 2.75) is 45.3 Å². The Morgan fingerprint density at radius 3 is 2.65 bits per heavy atom. The van der Waals surface area contributed by atoms with Gasteiger partial charge in [-0.2, -0.15) is 11.3 Å². The van der Waals surface area contributed by atoms with Crippen molar-refractivity contribution in [3.05, 3.63) is 22.4 Å². The smallest absolute Gasteiger partial charge is 0.326 e. The highest BCUT2D eigenvalue weighted by atomic mass is 32.1. The van der Waals surface area contributed by atoms with Crippen LogP contribution in [-0.2, 0) is 11.3 Å². The maximum Gasteiger partial charge on any atom is 0.326 e. The molecule has 0 aromatic carbocycles. The maximum atomic E-state index is 12.3. The first-order valence-electron chi connectivity index (χ1n) is 6.80. The van der Waals surface area contributed by atoms with Crippen molar-refractivity contribution in [2.24, 2.45) is 5.92 Å². The zero-order valence-corrected chi connectivity index (χ0v) is 12.5. The summed E-state index contributed by atoms with van der Waals surface area (Å²) in [6, 6.07) is 1.12. The molecule has 5 nitrogen and oxygen atoms in total. The van der Waals surface area contributed by atoms with Gasteiger partial charge in [-0.05, 0) is 41.1 Å². The highest BCUT2D eigenvalue weighted by Crippen LogP contribution is 2.29. The van der Waals surface area contributed by atoms with Crippen molar-refractivity contribution in [2.75, 3.05) is 0 Å². The molecule has 1 aromatic rings. The molecule has 1 fully saturated rings. The Morgan fingerprint density at radius 2 is 2.20 bits per heavy atom. The van der Waals surface area contributed by atoms with Gasteiger partial charge in [-0.1, -0.05) is 13.8 Å². The third-order valence-electron chi connectivity index (χ3n) is 3.39. The number of nitrogens with one attached hydrogen (secondary N) is 1. The van der Waals surface area contributed by atoms with Crippen molar-refractivity contribution in [1.82, 2.24) is 10.2 Å². The molecule has 1 saturated carbocycles. The summed E-state index contributed by atoms with van der Waals surface area (Å²) in [5.74, 6) is -1.13. The fraction of sp³-hybridized carbons (Fsp3) is 0.571. The molecule has 1 aromatic heterocycles. The number of hydrogen-bond donors (Lipinski definition) is 2. The van der Waals surface area contributed by atoms with Crippen LogP contribution in [0, 0.1) is 5.92 Å². The Balaban J connectivity index is 2.01. The lowest BCUT2D eigenvalue weighted by molar-refractivity contribution is -0.140. The summed E-state index contributed by atoms with van der Waals surface area (Å²) in [6.07, 6.45) is 1.99. The first kappa shape index (κ1) is 14.8. The van der Waals surface area contributed by atoms with Crippen LogP contribution in [0.5, 0.6) is 0 Å². The number of hydrogen-bond acceptors (Lipinski definition) is 3. The minimum atomic E-state index is -0.986. The fourth-order valence-electron chi connectivity index (χ4n) is 2.06. The third-order valence-corrected chi connectivity index (χ3v) is 4.13. The van der Waals surface area contributed by atoms with Crippen molar-refractivity contribution in [3.63, 3.8) is 0 Å². The minimum absolute atomic E-state index is 0.140. The SMILES string of the molecule is CC(C)[C@@H](NC(=O)N(Cc1ccsc1)C1CC1)C(=O)O. The van der Waals surface area contributed by atoms with E-state index in [0.29, 0.717) is 6.54 Å². The van der Waals surface area contributed by atoms with E-state index in [1.165, 1.54) is 0 Å². The molecule has 0 unspecified atom stereocenters. The Hall–Kier alpha value is -1.56. The van der Waals surface area contributed by atoms with Crippen LogP contribution in [-0.4, -0.2) is 34.1 Å². The van der Waals surface area contributed by atoms with Crippen LogP contribution >= 0.6 is 11.3 Å². The van der Waals surface area contributed by atoms with E-state index in [-0.39, 0.29) is 18.0 Å². The zero-order valence-electron chi connectivity index (χ0n) is 11.7. The molecular weight excluding hydrogens is 276 g/mol. The molecule has 20 heavy (non-hydrogen) atoms. The van der Waals surface area contributed by atoms with Crippen LogP contribution in [0.2, 0.25) is 0 Å². The molecule has 1 atom stereocenters. The second-order valence-corrected chi connectivity index (χ2v) is 6.28. The number of urea groups is 1. The molecule has 0 radical (unpaired) electrons. The van der Waals surface area contributed by atoms with Gasteiger partial charge in [0, 0.05) is 12.6 Å².